The minimum atomic E-state index is -1.54. The molecule has 1 fully saturated rings. The van der Waals surface area contributed by atoms with E-state index >= 15 is 0 Å². The van der Waals surface area contributed by atoms with Gasteiger partial charge < -0.3 is 39.4 Å². The zero-order valence-corrected chi connectivity index (χ0v) is 33.8. The summed E-state index contributed by atoms with van der Waals surface area (Å²) in [6, 6.07) is 0. The first kappa shape index (κ1) is 49.4. The largest absolute Gasteiger partial charge is 0.457 e. The molecule has 1 saturated heterocycles. The summed E-state index contributed by atoms with van der Waals surface area (Å²) in [6.07, 6.45) is 34.5. The van der Waals surface area contributed by atoms with Gasteiger partial charge in [0.1, 0.15) is 30.5 Å². The SMILES string of the molecule is CCC/C=C\CCCCCCCCOCC(COC1OC(CO)C(O)C(O)C1O)OC(=O)CCCCCCCCCCC/C=C\C/C=C\CCCCC. The van der Waals surface area contributed by atoms with Gasteiger partial charge >= 0.3 is 5.97 Å². The summed E-state index contributed by atoms with van der Waals surface area (Å²) in [6.45, 7) is 4.46. The minimum Gasteiger partial charge on any atom is -0.457 e. The van der Waals surface area contributed by atoms with Gasteiger partial charge in [0.2, 0.25) is 0 Å². The smallest absolute Gasteiger partial charge is 0.306 e. The van der Waals surface area contributed by atoms with E-state index in [1.807, 2.05) is 0 Å². The standard InChI is InChI=1S/C44H80O9/c1-3-5-7-9-11-13-15-16-17-18-19-20-21-22-23-25-27-29-31-33-40(46)52-38(37-51-44-43(49)42(48)41(47)39(35-45)53-44)36-50-34-32-30-28-26-24-14-12-10-8-6-4-2/h8,10-11,13,16-17,38-39,41-45,47-49H,3-7,9,12,14-15,18-37H2,1-2H3/b10-8-,13-11-,17-16-. The maximum atomic E-state index is 12.7. The Labute approximate surface area is 323 Å². The first-order chi connectivity index (χ1) is 25.9. The summed E-state index contributed by atoms with van der Waals surface area (Å²) in [7, 11) is 0. The molecule has 0 aromatic rings. The lowest BCUT2D eigenvalue weighted by molar-refractivity contribution is -0.305. The highest BCUT2D eigenvalue weighted by molar-refractivity contribution is 5.69. The van der Waals surface area contributed by atoms with Crippen LogP contribution in [-0.4, -0.2) is 89.6 Å². The van der Waals surface area contributed by atoms with Crippen molar-refractivity contribution in [1.29, 1.82) is 0 Å². The van der Waals surface area contributed by atoms with E-state index in [0.29, 0.717) is 13.0 Å². The second-order valence-electron chi connectivity index (χ2n) is 14.8. The second kappa shape index (κ2) is 36.1. The second-order valence-corrected chi connectivity index (χ2v) is 14.8. The zero-order valence-electron chi connectivity index (χ0n) is 33.8. The Morgan fingerprint density at radius 3 is 1.72 bits per heavy atom. The lowest BCUT2D eigenvalue weighted by atomic mass is 9.99. The molecule has 53 heavy (non-hydrogen) atoms. The van der Waals surface area contributed by atoms with Gasteiger partial charge in [-0.1, -0.05) is 140 Å². The summed E-state index contributed by atoms with van der Waals surface area (Å²) in [5.74, 6) is -0.322. The van der Waals surface area contributed by atoms with Crippen LogP contribution >= 0.6 is 0 Å². The van der Waals surface area contributed by atoms with Crippen LogP contribution < -0.4 is 0 Å². The summed E-state index contributed by atoms with van der Waals surface area (Å²) >= 11 is 0. The molecule has 0 amide bonds. The van der Waals surface area contributed by atoms with Gasteiger partial charge in [0.15, 0.2) is 6.29 Å². The molecule has 0 spiro atoms. The van der Waals surface area contributed by atoms with Crippen molar-refractivity contribution in [2.75, 3.05) is 26.4 Å². The number of allylic oxidation sites excluding steroid dienone is 6. The molecule has 6 atom stereocenters. The van der Waals surface area contributed by atoms with Crippen LogP contribution in [0.25, 0.3) is 0 Å². The van der Waals surface area contributed by atoms with E-state index < -0.39 is 43.4 Å². The van der Waals surface area contributed by atoms with Crippen LogP contribution in [0.3, 0.4) is 0 Å². The monoisotopic (exact) mass is 753 g/mol. The average molecular weight is 753 g/mol. The topological polar surface area (TPSA) is 135 Å². The fraction of sp³-hybridized carbons (Fsp3) is 0.841. The molecule has 4 N–H and O–H groups in total. The van der Waals surface area contributed by atoms with Crippen LogP contribution in [0, 0.1) is 0 Å². The molecule has 0 aliphatic carbocycles. The molecular formula is C44H80O9. The third kappa shape index (κ3) is 27.6. The van der Waals surface area contributed by atoms with E-state index in [0.717, 1.165) is 57.8 Å². The predicted octanol–water partition coefficient (Wildman–Crippen LogP) is 9.19. The number of rotatable bonds is 36. The van der Waals surface area contributed by atoms with Crippen molar-refractivity contribution in [3.8, 4) is 0 Å². The fourth-order valence-electron chi connectivity index (χ4n) is 6.35. The molecule has 0 aromatic heterocycles. The molecular weight excluding hydrogens is 672 g/mol. The Bertz CT molecular complexity index is 905. The molecule has 1 aliphatic heterocycles. The van der Waals surface area contributed by atoms with E-state index in [9.17, 15) is 25.2 Å². The number of unbranched alkanes of at least 4 members (excludes halogenated alkanes) is 19. The maximum absolute atomic E-state index is 12.7. The third-order valence-corrected chi connectivity index (χ3v) is 9.76. The van der Waals surface area contributed by atoms with Crippen molar-refractivity contribution >= 4 is 5.97 Å². The van der Waals surface area contributed by atoms with Crippen molar-refractivity contribution in [2.45, 2.75) is 211 Å². The Morgan fingerprint density at radius 1 is 0.604 bits per heavy atom. The summed E-state index contributed by atoms with van der Waals surface area (Å²) in [5, 5.41) is 40.0. The zero-order chi connectivity index (χ0) is 38.6. The predicted molar refractivity (Wildman–Crippen MR) is 215 cm³/mol. The third-order valence-electron chi connectivity index (χ3n) is 9.76. The highest BCUT2D eigenvalue weighted by Crippen LogP contribution is 2.22. The van der Waals surface area contributed by atoms with Crippen LogP contribution in [0.5, 0.6) is 0 Å². The Morgan fingerprint density at radius 2 is 1.13 bits per heavy atom. The van der Waals surface area contributed by atoms with Gasteiger partial charge in [-0.25, -0.2) is 0 Å². The first-order valence-electron chi connectivity index (χ1n) is 21.6. The number of esters is 1. The van der Waals surface area contributed by atoms with Crippen molar-refractivity contribution in [3.63, 3.8) is 0 Å². The summed E-state index contributed by atoms with van der Waals surface area (Å²) in [5.41, 5.74) is 0. The molecule has 6 unspecified atom stereocenters. The number of carbonyl (C=O) groups is 1. The number of aliphatic hydroxyl groups is 4. The number of hydrogen-bond donors (Lipinski definition) is 4. The lowest BCUT2D eigenvalue weighted by Gasteiger charge is -2.39. The van der Waals surface area contributed by atoms with Crippen LogP contribution in [-0.2, 0) is 23.7 Å². The Hall–Kier alpha value is -1.59. The Kier molecular flexibility index (Phi) is 33.6. The highest BCUT2D eigenvalue weighted by atomic mass is 16.7. The maximum Gasteiger partial charge on any atom is 0.306 e. The van der Waals surface area contributed by atoms with E-state index in [1.165, 1.54) is 96.3 Å². The van der Waals surface area contributed by atoms with Gasteiger partial charge in [-0.2, -0.15) is 0 Å². The molecule has 0 bridgehead atoms. The van der Waals surface area contributed by atoms with Gasteiger partial charge in [0.05, 0.1) is 19.8 Å². The van der Waals surface area contributed by atoms with Crippen LogP contribution in [0.4, 0.5) is 0 Å². The van der Waals surface area contributed by atoms with Gasteiger partial charge in [-0.3, -0.25) is 4.79 Å². The highest BCUT2D eigenvalue weighted by Gasteiger charge is 2.44. The van der Waals surface area contributed by atoms with Crippen molar-refractivity contribution in [3.05, 3.63) is 36.5 Å². The van der Waals surface area contributed by atoms with E-state index in [1.54, 1.807) is 0 Å². The lowest BCUT2D eigenvalue weighted by Crippen LogP contribution is -2.59. The van der Waals surface area contributed by atoms with Gasteiger partial charge in [-0.15, -0.1) is 0 Å². The number of hydrogen-bond acceptors (Lipinski definition) is 9. The van der Waals surface area contributed by atoms with E-state index in [2.05, 4.69) is 50.3 Å². The molecule has 1 rings (SSSR count). The van der Waals surface area contributed by atoms with Crippen molar-refractivity contribution < 1.29 is 44.2 Å². The van der Waals surface area contributed by atoms with Crippen LogP contribution in [0.2, 0.25) is 0 Å². The normalized spacial score (nSPS) is 21.4. The van der Waals surface area contributed by atoms with Crippen LogP contribution in [0.15, 0.2) is 36.5 Å². The molecule has 9 nitrogen and oxygen atoms in total. The average Bonchev–Trinajstić information content (AvgIpc) is 3.16. The fourth-order valence-corrected chi connectivity index (χ4v) is 6.35. The molecule has 0 radical (unpaired) electrons. The molecule has 9 heteroatoms. The van der Waals surface area contributed by atoms with Crippen LogP contribution in [0.1, 0.15) is 174 Å². The molecule has 1 heterocycles. The minimum absolute atomic E-state index is 0.117. The van der Waals surface area contributed by atoms with Crippen molar-refractivity contribution in [1.82, 2.24) is 0 Å². The van der Waals surface area contributed by atoms with E-state index in [-0.39, 0.29) is 19.2 Å². The molecule has 1 aliphatic rings. The summed E-state index contributed by atoms with van der Waals surface area (Å²) < 4.78 is 22.7. The number of aliphatic hydroxyl groups excluding tert-OH is 4. The first-order valence-corrected chi connectivity index (χ1v) is 21.6. The van der Waals surface area contributed by atoms with Crippen molar-refractivity contribution in [2.24, 2.45) is 0 Å². The quantitative estimate of drug-likeness (QED) is 0.0281. The number of ether oxygens (including phenoxy) is 4. The Balaban J connectivity index is 2.26. The number of carbonyl (C=O) groups excluding carboxylic acids is 1. The summed E-state index contributed by atoms with van der Waals surface area (Å²) in [4.78, 5) is 12.7. The van der Waals surface area contributed by atoms with Gasteiger partial charge in [-0.05, 0) is 64.2 Å². The van der Waals surface area contributed by atoms with Gasteiger partial charge in [0.25, 0.3) is 0 Å². The van der Waals surface area contributed by atoms with E-state index in [4.69, 9.17) is 18.9 Å². The molecule has 0 saturated carbocycles. The van der Waals surface area contributed by atoms with Gasteiger partial charge in [0, 0.05) is 13.0 Å². The molecule has 0 aromatic carbocycles. The molecule has 310 valence electrons.